The Balaban J connectivity index is 1.82. The second kappa shape index (κ2) is 9.87. The highest BCUT2D eigenvalue weighted by Gasteiger charge is 2.14. The van der Waals surface area contributed by atoms with Gasteiger partial charge in [0, 0.05) is 18.4 Å². The van der Waals surface area contributed by atoms with Crippen LogP contribution >= 0.6 is 11.8 Å². The molecule has 0 spiro atoms. The number of benzene rings is 2. The number of nitrogens with one attached hydrogen (secondary N) is 1. The van der Waals surface area contributed by atoms with Gasteiger partial charge in [0.15, 0.2) is 0 Å². The van der Waals surface area contributed by atoms with Crippen LogP contribution in [0.15, 0.2) is 53.4 Å². The number of carbonyl (C=O) groups excluding carboxylic acids is 2. The normalized spacial score (nSPS) is 10.3. The molecule has 6 heteroatoms. The number of thioether (sulfide) groups is 1. The molecule has 0 aliphatic carbocycles. The van der Waals surface area contributed by atoms with E-state index in [2.05, 4.69) is 5.32 Å². The van der Waals surface area contributed by atoms with E-state index in [4.69, 9.17) is 4.74 Å². The highest BCUT2D eigenvalue weighted by Crippen LogP contribution is 2.24. The minimum atomic E-state index is -0.202. The van der Waals surface area contributed by atoms with Crippen LogP contribution in [0.3, 0.4) is 0 Å². The van der Waals surface area contributed by atoms with Crippen molar-refractivity contribution in [2.75, 3.05) is 32.3 Å². The van der Waals surface area contributed by atoms with Gasteiger partial charge in [-0.25, -0.2) is 0 Å². The van der Waals surface area contributed by atoms with E-state index in [0.29, 0.717) is 12.8 Å². The lowest BCUT2D eigenvalue weighted by molar-refractivity contribution is -0.133. The first-order chi connectivity index (χ1) is 12.5. The molecular weight excluding hydrogens is 348 g/mol. The van der Waals surface area contributed by atoms with Gasteiger partial charge in [-0.1, -0.05) is 24.3 Å². The zero-order valence-corrected chi connectivity index (χ0v) is 16.1. The molecule has 2 rings (SSSR count). The lowest BCUT2D eigenvalue weighted by Crippen LogP contribution is -2.35. The van der Waals surface area contributed by atoms with Gasteiger partial charge in [-0.15, -0.1) is 11.8 Å². The van der Waals surface area contributed by atoms with Gasteiger partial charge in [-0.3, -0.25) is 9.59 Å². The first-order valence-corrected chi connectivity index (χ1v) is 9.55. The Morgan fingerprint density at radius 1 is 1.12 bits per heavy atom. The zero-order chi connectivity index (χ0) is 18.9. The fourth-order valence-corrected chi connectivity index (χ4v) is 3.03. The molecule has 0 unspecified atom stereocenters. The Kier molecular flexibility index (Phi) is 7.53. The molecule has 1 N–H and O–H groups in total. The SMILES string of the molecule is COc1ccc(CCC(=O)N(C)CC(=O)Nc2ccccc2SC)cc1. The minimum Gasteiger partial charge on any atom is -0.497 e. The molecule has 0 fully saturated rings. The molecule has 2 aromatic carbocycles. The predicted molar refractivity (Wildman–Crippen MR) is 106 cm³/mol. The van der Waals surface area contributed by atoms with E-state index in [1.807, 2.05) is 54.8 Å². The summed E-state index contributed by atoms with van der Waals surface area (Å²) in [6.45, 7) is 0.0319. The number of likely N-dealkylation sites (N-methyl/N-ethyl adjacent to an activating group) is 1. The molecule has 0 radical (unpaired) electrons. The lowest BCUT2D eigenvalue weighted by Gasteiger charge is -2.17. The van der Waals surface area contributed by atoms with Crippen molar-refractivity contribution >= 4 is 29.3 Å². The van der Waals surface area contributed by atoms with Crippen LogP contribution in [0.25, 0.3) is 0 Å². The predicted octanol–water partition coefficient (Wildman–Crippen LogP) is 3.45. The highest BCUT2D eigenvalue weighted by molar-refractivity contribution is 7.98. The van der Waals surface area contributed by atoms with Gasteiger partial charge in [0.2, 0.25) is 11.8 Å². The third-order valence-electron chi connectivity index (χ3n) is 3.97. The van der Waals surface area contributed by atoms with E-state index in [0.717, 1.165) is 21.9 Å². The van der Waals surface area contributed by atoms with Crippen molar-refractivity contribution < 1.29 is 14.3 Å². The van der Waals surface area contributed by atoms with Crippen LogP contribution in [0, 0.1) is 0 Å². The van der Waals surface area contributed by atoms with Crippen LogP contribution in [0.2, 0.25) is 0 Å². The van der Waals surface area contributed by atoms with Gasteiger partial charge in [0.1, 0.15) is 5.75 Å². The fraction of sp³-hybridized carbons (Fsp3) is 0.300. The molecule has 26 heavy (non-hydrogen) atoms. The summed E-state index contributed by atoms with van der Waals surface area (Å²) >= 11 is 1.57. The molecule has 2 amide bonds. The smallest absolute Gasteiger partial charge is 0.244 e. The quantitative estimate of drug-likeness (QED) is 0.721. The van der Waals surface area contributed by atoms with Crippen molar-refractivity contribution in [1.29, 1.82) is 0 Å². The van der Waals surface area contributed by atoms with Crippen molar-refractivity contribution in [1.82, 2.24) is 4.90 Å². The zero-order valence-electron chi connectivity index (χ0n) is 15.3. The monoisotopic (exact) mass is 372 g/mol. The number of ether oxygens (including phenoxy) is 1. The Morgan fingerprint density at radius 3 is 2.46 bits per heavy atom. The van der Waals surface area contributed by atoms with Gasteiger partial charge in [0.05, 0.1) is 19.3 Å². The Bertz CT molecular complexity index is 747. The summed E-state index contributed by atoms with van der Waals surface area (Å²) in [5.74, 6) is 0.528. The molecule has 5 nitrogen and oxygen atoms in total. The number of amides is 2. The van der Waals surface area contributed by atoms with Crippen LogP contribution in [-0.4, -0.2) is 43.7 Å². The molecule has 0 heterocycles. The Labute approximate surface area is 158 Å². The van der Waals surface area contributed by atoms with Crippen LogP contribution in [0.4, 0.5) is 5.69 Å². The van der Waals surface area contributed by atoms with E-state index >= 15 is 0 Å². The van der Waals surface area contributed by atoms with Crippen LogP contribution in [-0.2, 0) is 16.0 Å². The summed E-state index contributed by atoms with van der Waals surface area (Å²) < 4.78 is 5.12. The Hall–Kier alpha value is -2.47. The molecular formula is C20H24N2O3S. The van der Waals surface area contributed by atoms with Crippen molar-refractivity contribution in [3.63, 3.8) is 0 Å². The average molecular weight is 372 g/mol. The highest BCUT2D eigenvalue weighted by atomic mass is 32.2. The first kappa shape index (κ1) is 19.8. The lowest BCUT2D eigenvalue weighted by atomic mass is 10.1. The second-order valence-electron chi connectivity index (χ2n) is 5.85. The van der Waals surface area contributed by atoms with Gasteiger partial charge in [-0.2, -0.15) is 0 Å². The molecule has 0 saturated heterocycles. The standard InChI is InChI=1S/C20H24N2O3S/c1-22(14-19(23)21-17-6-4-5-7-18(17)26-3)20(24)13-10-15-8-11-16(25-2)12-9-15/h4-9,11-12H,10,13-14H2,1-3H3,(H,21,23). The molecule has 0 saturated carbocycles. The number of hydrogen-bond acceptors (Lipinski definition) is 4. The van der Waals surface area contributed by atoms with Gasteiger partial charge in [-0.05, 0) is 42.5 Å². The number of anilines is 1. The van der Waals surface area contributed by atoms with Crippen LogP contribution in [0.1, 0.15) is 12.0 Å². The van der Waals surface area contributed by atoms with E-state index in [9.17, 15) is 9.59 Å². The van der Waals surface area contributed by atoms with Gasteiger partial charge < -0.3 is 15.0 Å². The number of rotatable bonds is 8. The maximum atomic E-state index is 12.3. The van der Waals surface area contributed by atoms with Crippen molar-refractivity contribution in [2.45, 2.75) is 17.7 Å². The summed E-state index contributed by atoms with van der Waals surface area (Å²) in [5, 5.41) is 2.87. The summed E-state index contributed by atoms with van der Waals surface area (Å²) in [7, 11) is 3.27. The largest absolute Gasteiger partial charge is 0.497 e. The number of carbonyl (C=O) groups is 2. The van der Waals surface area contributed by atoms with E-state index < -0.39 is 0 Å². The minimum absolute atomic E-state index is 0.0319. The molecule has 0 aliphatic heterocycles. The van der Waals surface area contributed by atoms with E-state index in [1.54, 1.807) is 25.9 Å². The number of para-hydroxylation sites is 1. The fourth-order valence-electron chi connectivity index (χ4n) is 2.48. The number of nitrogens with zero attached hydrogens (tertiary/aromatic N) is 1. The van der Waals surface area contributed by atoms with Crippen LogP contribution < -0.4 is 10.1 Å². The van der Waals surface area contributed by atoms with Crippen LogP contribution in [0.5, 0.6) is 5.75 Å². The molecule has 0 atom stereocenters. The summed E-state index contributed by atoms with van der Waals surface area (Å²) in [4.78, 5) is 26.9. The molecule has 0 aliphatic rings. The average Bonchev–Trinajstić information content (AvgIpc) is 2.66. The number of hydrogen-bond donors (Lipinski definition) is 1. The second-order valence-corrected chi connectivity index (χ2v) is 6.69. The number of aryl methyl sites for hydroxylation is 1. The molecule has 2 aromatic rings. The third-order valence-corrected chi connectivity index (χ3v) is 4.77. The molecule has 138 valence electrons. The summed E-state index contributed by atoms with van der Waals surface area (Å²) in [6, 6.07) is 15.2. The third kappa shape index (κ3) is 5.81. The molecule has 0 bridgehead atoms. The van der Waals surface area contributed by atoms with Crippen molar-refractivity contribution in [3.8, 4) is 5.75 Å². The maximum absolute atomic E-state index is 12.3. The van der Waals surface area contributed by atoms with Gasteiger partial charge >= 0.3 is 0 Å². The first-order valence-electron chi connectivity index (χ1n) is 8.33. The van der Waals surface area contributed by atoms with Crippen molar-refractivity contribution in [2.24, 2.45) is 0 Å². The topological polar surface area (TPSA) is 58.6 Å². The summed E-state index contributed by atoms with van der Waals surface area (Å²) in [5.41, 5.74) is 1.83. The molecule has 0 aromatic heterocycles. The van der Waals surface area contributed by atoms with E-state index in [-0.39, 0.29) is 18.4 Å². The maximum Gasteiger partial charge on any atom is 0.244 e. The van der Waals surface area contributed by atoms with E-state index in [1.165, 1.54) is 4.90 Å². The van der Waals surface area contributed by atoms with Gasteiger partial charge in [0.25, 0.3) is 0 Å². The Morgan fingerprint density at radius 2 is 1.81 bits per heavy atom. The van der Waals surface area contributed by atoms with Crippen molar-refractivity contribution in [3.05, 3.63) is 54.1 Å². The summed E-state index contributed by atoms with van der Waals surface area (Å²) in [6.07, 6.45) is 2.95. The number of methoxy groups -OCH3 is 1.